The molecule has 8 rings (SSSR count). The summed E-state index contributed by atoms with van der Waals surface area (Å²) in [6.07, 6.45) is -7.68. The van der Waals surface area contributed by atoms with Crippen LogP contribution in [0.4, 0.5) is 40.8 Å². The number of carboxylic acids is 1. The van der Waals surface area contributed by atoms with Gasteiger partial charge in [-0.2, -0.15) is 26.3 Å². The maximum absolute atomic E-state index is 13.3. The Balaban J connectivity index is 0.000000193. The van der Waals surface area contributed by atoms with Gasteiger partial charge in [-0.3, -0.25) is 9.59 Å². The Labute approximate surface area is 411 Å². The number of sulfone groups is 2. The zero-order valence-electron chi connectivity index (χ0n) is 36.3. The summed E-state index contributed by atoms with van der Waals surface area (Å²) in [7, 11) is -7.88. The molecule has 1 heterocycles. The van der Waals surface area contributed by atoms with Gasteiger partial charge in [0, 0.05) is 30.5 Å². The summed E-state index contributed by atoms with van der Waals surface area (Å²) in [6, 6.07) is 25.1. The molecule has 2 saturated carbocycles. The molecule has 2 fully saturated rings. The van der Waals surface area contributed by atoms with E-state index in [1.807, 2.05) is 0 Å². The normalized spacial score (nSPS) is 17.7. The minimum absolute atomic E-state index is 0.00736. The smallest absolute Gasteiger partial charge is 0.416 e. The monoisotopic (exact) mass is 1070 g/mol. The predicted octanol–water partition coefficient (Wildman–Crippen LogP) is 12.2. The summed E-state index contributed by atoms with van der Waals surface area (Å²) in [6.45, 7) is 0. The molecular weight excluding hydrogens is 1040 g/mol. The number of carbonyl (C=O) groups is 2. The van der Waals surface area contributed by atoms with Crippen LogP contribution in [0, 0.1) is 23.5 Å². The van der Waals surface area contributed by atoms with E-state index in [1.165, 1.54) is 42.6 Å². The fourth-order valence-electron chi connectivity index (χ4n) is 7.00. The first-order chi connectivity index (χ1) is 33.2. The average molecular weight is 1070 g/mol. The van der Waals surface area contributed by atoms with Gasteiger partial charge in [0.1, 0.15) is 34.7 Å². The van der Waals surface area contributed by atoms with Crippen molar-refractivity contribution in [1.29, 1.82) is 0 Å². The van der Waals surface area contributed by atoms with Gasteiger partial charge >= 0.3 is 18.3 Å². The van der Waals surface area contributed by atoms with Gasteiger partial charge in [0.2, 0.25) is 5.88 Å². The van der Waals surface area contributed by atoms with Gasteiger partial charge in [0.05, 0.1) is 59.3 Å². The van der Waals surface area contributed by atoms with Gasteiger partial charge < -0.3 is 20.3 Å². The molecule has 11 nitrogen and oxygen atoms in total. The number of halogens is 10. The molecule has 0 aliphatic heterocycles. The van der Waals surface area contributed by atoms with Crippen molar-refractivity contribution in [1.82, 2.24) is 4.98 Å². The third-order valence-corrected chi connectivity index (χ3v) is 16.1. The highest BCUT2D eigenvalue weighted by Crippen LogP contribution is 2.40. The Morgan fingerprint density at radius 1 is 0.620 bits per heavy atom. The largest absolute Gasteiger partial charge is 0.481 e. The average Bonchev–Trinajstić information content (AvgIpc) is 3.26. The molecule has 0 radical (unpaired) electrons. The maximum Gasteiger partial charge on any atom is 0.416 e. The summed E-state index contributed by atoms with van der Waals surface area (Å²) >= 11 is 11.3. The van der Waals surface area contributed by atoms with Gasteiger partial charge in [-0.25, -0.2) is 30.6 Å². The molecule has 3 N–H and O–H groups in total. The molecular formula is C48H38Cl2F8N2O9S2. The Hall–Kier alpha value is -6.29. The van der Waals surface area contributed by atoms with E-state index in [0.717, 1.165) is 36.4 Å². The molecule has 0 atom stereocenters. The lowest BCUT2D eigenvalue weighted by molar-refractivity contribution is -0.144. The van der Waals surface area contributed by atoms with Crippen molar-refractivity contribution < 1.29 is 76.1 Å². The molecule has 6 aromatic rings. The van der Waals surface area contributed by atoms with Crippen LogP contribution in [0.1, 0.15) is 42.4 Å². The zero-order chi connectivity index (χ0) is 52.1. The number of nitrogens with zero attached hydrogens (tertiary/aromatic N) is 1. The number of carbonyl (C=O) groups excluding carboxylic acids is 1. The molecule has 23 heteroatoms. The minimum atomic E-state index is -4.64. The summed E-state index contributed by atoms with van der Waals surface area (Å²) < 4.78 is 163. The molecule has 5 aromatic carbocycles. The van der Waals surface area contributed by atoms with E-state index in [9.17, 15) is 61.5 Å². The molecule has 2 aliphatic carbocycles. The molecule has 0 unspecified atom stereocenters. The number of hydrogen-bond acceptors (Lipinski definition) is 10. The van der Waals surface area contributed by atoms with E-state index in [-0.39, 0.29) is 52.8 Å². The van der Waals surface area contributed by atoms with E-state index >= 15 is 0 Å². The first-order valence-corrected chi connectivity index (χ1v) is 24.7. The van der Waals surface area contributed by atoms with Gasteiger partial charge in [0.15, 0.2) is 19.7 Å². The third kappa shape index (κ3) is 14.0. The number of rotatable bonds is 12. The second kappa shape index (κ2) is 22.0. The Bertz CT molecular complexity index is 3120. The number of carboxylic acid groups (broad SMARTS) is 1. The number of alkyl halides is 6. The number of aliphatic carboxylic acids is 1. The molecule has 0 bridgehead atoms. The van der Waals surface area contributed by atoms with Gasteiger partial charge in [-0.05, 0) is 110 Å². The third-order valence-electron chi connectivity index (χ3n) is 11.2. The molecule has 376 valence electrons. The number of benzene rings is 5. The molecule has 0 spiro atoms. The highest BCUT2D eigenvalue weighted by molar-refractivity contribution is 7.92. The summed E-state index contributed by atoms with van der Waals surface area (Å²) in [5.41, 5.74) is 4.66. The summed E-state index contributed by atoms with van der Waals surface area (Å²) in [5, 5.41) is 6.82. The van der Waals surface area contributed by atoms with Crippen molar-refractivity contribution in [3.63, 3.8) is 0 Å². The van der Waals surface area contributed by atoms with E-state index in [2.05, 4.69) is 4.98 Å². The van der Waals surface area contributed by atoms with Crippen molar-refractivity contribution in [3.8, 4) is 23.1 Å². The lowest BCUT2D eigenvalue weighted by Crippen LogP contribution is -2.40. The molecule has 0 amide bonds. The van der Waals surface area contributed by atoms with Crippen LogP contribution in [0.3, 0.4) is 0 Å². The summed E-state index contributed by atoms with van der Waals surface area (Å²) in [4.78, 5) is 26.4. The van der Waals surface area contributed by atoms with Crippen LogP contribution in [0.5, 0.6) is 23.1 Å². The second-order valence-electron chi connectivity index (χ2n) is 16.1. The van der Waals surface area contributed by atoms with E-state index < -0.39 is 88.0 Å². The number of nitrogens with two attached hydrogens (primary N) is 1. The van der Waals surface area contributed by atoms with Crippen molar-refractivity contribution in [3.05, 3.63) is 166 Å². The SMILES string of the molecule is Nc1ccc(Oc2ccc(F)c(Cl)c2)nc1.O=C(Cc1ccc(Oc2ccc(F)c(Cl)c2)cc1)C1CC(S(=O)(=O)c2cccc(C(F)(F)F)c2)C1.O=C(O)C1CC(S(=O)(=O)c2cccc(C(F)(F)F)c2)C1. The van der Waals surface area contributed by atoms with Gasteiger partial charge in [-0.1, -0.05) is 47.5 Å². The fourth-order valence-corrected chi connectivity index (χ4v) is 11.2. The van der Waals surface area contributed by atoms with Crippen LogP contribution in [-0.4, -0.2) is 49.2 Å². The van der Waals surface area contributed by atoms with E-state index in [4.69, 9.17) is 43.5 Å². The quantitative estimate of drug-likeness (QED) is 0.111. The first kappa shape index (κ1) is 54.1. The van der Waals surface area contributed by atoms with Crippen molar-refractivity contribution >= 4 is 60.3 Å². The van der Waals surface area contributed by atoms with Crippen molar-refractivity contribution in [2.75, 3.05) is 5.73 Å². The minimum Gasteiger partial charge on any atom is -0.481 e. The zero-order valence-corrected chi connectivity index (χ0v) is 39.4. The summed E-state index contributed by atoms with van der Waals surface area (Å²) in [5.74, 6) is -1.88. The topological polar surface area (TPSA) is 180 Å². The number of hydrogen-bond donors (Lipinski definition) is 2. The highest BCUT2D eigenvalue weighted by Gasteiger charge is 2.45. The number of ketones is 1. The predicted molar refractivity (Wildman–Crippen MR) is 245 cm³/mol. The molecule has 0 saturated heterocycles. The van der Waals surface area contributed by atoms with Gasteiger partial charge in [0.25, 0.3) is 0 Å². The Morgan fingerprint density at radius 2 is 1.07 bits per heavy atom. The second-order valence-corrected chi connectivity index (χ2v) is 21.4. The van der Waals surface area contributed by atoms with Crippen LogP contribution >= 0.6 is 23.2 Å². The number of nitrogen functional groups attached to an aromatic ring is 1. The van der Waals surface area contributed by atoms with Crippen LogP contribution in [-0.2, 0) is 48.0 Å². The van der Waals surface area contributed by atoms with Gasteiger partial charge in [-0.15, -0.1) is 0 Å². The van der Waals surface area contributed by atoms with E-state index in [1.54, 1.807) is 36.4 Å². The molecule has 2 aliphatic rings. The molecule has 71 heavy (non-hydrogen) atoms. The van der Waals surface area contributed by atoms with Crippen LogP contribution in [0.25, 0.3) is 0 Å². The lowest BCUT2D eigenvalue weighted by Gasteiger charge is -2.34. The Morgan fingerprint density at radius 3 is 1.49 bits per heavy atom. The number of anilines is 1. The fraction of sp³-hybridized carbons (Fsp3) is 0.229. The van der Waals surface area contributed by atoms with Crippen molar-refractivity contribution in [2.24, 2.45) is 11.8 Å². The van der Waals surface area contributed by atoms with Crippen molar-refractivity contribution in [2.45, 2.75) is 64.7 Å². The first-order valence-electron chi connectivity index (χ1n) is 20.8. The van der Waals surface area contributed by atoms with Crippen LogP contribution < -0.4 is 15.2 Å². The van der Waals surface area contributed by atoms with Crippen LogP contribution in [0.15, 0.2) is 137 Å². The standard InChI is InChI=1S/C25H19ClF4O4S.C12H11F3O4S.C11H8ClFN2O/c26-22-14-19(8-9-23(22)27)34-18-6-4-15(5-7-18)10-24(31)16-11-21(12-16)35(32,33)20-3-1-2-17(13-20)25(28,29)30;13-12(14,15)8-2-1-3-9(6-8)20(18,19)10-4-7(5-10)11(16)17;12-9-5-8(2-3-10(9)13)16-11-4-1-7(14)6-15-11/h1-9,13-14,16,21H,10-12H2;1-3,6-7,10H,4-5H2,(H,16,17);1-6H,14H2. The maximum atomic E-state index is 13.3. The van der Waals surface area contributed by atoms with Crippen LogP contribution in [0.2, 0.25) is 10.0 Å². The lowest BCUT2D eigenvalue weighted by atomic mass is 9.80. The number of pyridine rings is 1. The number of ether oxygens (including phenoxy) is 2. The Kier molecular flexibility index (Phi) is 16.7. The number of aromatic nitrogens is 1. The van der Waals surface area contributed by atoms with E-state index in [0.29, 0.717) is 46.5 Å². The highest BCUT2D eigenvalue weighted by atomic mass is 35.5. The number of Topliss-reactive ketones (excluding diaryl/α,β-unsaturated/α-hetero) is 1. The molecule has 1 aromatic heterocycles.